The fourth-order valence-electron chi connectivity index (χ4n) is 3.26. The van der Waals surface area contributed by atoms with Crippen LogP contribution < -0.4 is 10.1 Å². The third-order valence-electron chi connectivity index (χ3n) is 4.76. The predicted molar refractivity (Wildman–Crippen MR) is 107 cm³/mol. The number of furan rings is 1. The van der Waals surface area contributed by atoms with E-state index >= 15 is 0 Å². The van der Waals surface area contributed by atoms with Crippen molar-refractivity contribution in [2.24, 2.45) is 5.10 Å². The van der Waals surface area contributed by atoms with E-state index in [4.69, 9.17) is 9.15 Å². The molecule has 0 bridgehead atoms. The molecule has 29 heavy (non-hydrogen) atoms. The lowest BCUT2D eigenvalue weighted by atomic mass is 10.0. The number of amides is 1. The summed E-state index contributed by atoms with van der Waals surface area (Å²) < 4.78 is 24.6. The summed E-state index contributed by atoms with van der Waals surface area (Å²) >= 11 is 0. The highest BCUT2D eigenvalue weighted by Gasteiger charge is 2.34. The van der Waals surface area contributed by atoms with E-state index in [-0.39, 0.29) is 24.2 Å². The number of halogens is 1. The van der Waals surface area contributed by atoms with Crippen LogP contribution in [-0.4, -0.2) is 30.3 Å². The van der Waals surface area contributed by atoms with E-state index in [0.29, 0.717) is 12.2 Å². The third-order valence-corrected chi connectivity index (χ3v) is 4.76. The molecular formula is C22H20FN3O3. The van der Waals surface area contributed by atoms with Crippen molar-refractivity contribution in [1.82, 2.24) is 5.01 Å². The zero-order chi connectivity index (χ0) is 20.2. The number of rotatable bonds is 6. The highest BCUT2D eigenvalue weighted by atomic mass is 19.1. The molecule has 1 aliphatic rings. The third kappa shape index (κ3) is 3.99. The van der Waals surface area contributed by atoms with Crippen LogP contribution in [0, 0.1) is 5.82 Å². The number of hydrogen-bond acceptors (Lipinski definition) is 5. The second kappa shape index (κ2) is 8.18. The molecule has 1 N–H and O–H groups in total. The summed E-state index contributed by atoms with van der Waals surface area (Å²) in [6, 6.07) is 17.0. The molecule has 148 valence electrons. The Morgan fingerprint density at radius 1 is 1.21 bits per heavy atom. The monoisotopic (exact) mass is 393 g/mol. The van der Waals surface area contributed by atoms with Gasteiger partial charge in [-0.25, -0.2) is 9.40 Å². The van der Waals surface area contributed by atoms with E-state index in [0.717, 1.165) is 17.0 Å². The van der Waals surface area contributed by atoms with Crippen LogP contribution in [0.15, 0.2) is 76.4 Å². The predicted octanol–water partition coefficient (Wildman–Crippen LogP) is 4.22. The van der Waals surface area contributed by atoms with Crippen LogP contribution in [0.25, 0.3) is 0 Å². The maximum Gasteiger partial charge on any atom is 0.262 e. The number of benzene rings is 2. The van der Waals surface area contributed by atoms with E-state index in [1.807, 2.05) is 30.3 Å². The second-order valence-corrected chi connectivity index (χ2v) is 6.58. The molecule has 2 aromatic carbocycles. The average molecular weight is 393 g/mol. The summed E-state index contributed by atoms with van der Waals surface area (Å²) in [5.74, 6) is 0.707. The van der Waals surface area contributed by atoms with Gasteiger partial charge in [0.1, 0.15) is 23.4 Å². The molecule has 1 aliphatic heterocycles. The Labute approximate surface area is 167 Å². The first-order valence-electron chi connectivity index (χ1n) is 9.21. The van der Waals surface area contributed by atoms with Gasteiger partial charge in [0, 0.05) is 6.42 Å². The first-order valence-corrected chi connectivity index (χ1v) is 9.21. The van der Waals surface area contributed by atoms with Crippen LogP contribution in [0.3, 0.4) is 0 Å². The topological polar surface area (TPSA) is 67.1 Å². The van der Waals surface area contributed by atoms with Crippen molar-refractivity contribution < 1.29 is 18.3 Å². The normalized spacial score (nSPS) is 15.9. The van der Waals surface area contributed by atoms with Gasteiger partial charge in [-0.1, -0.05) is 12.1 Å². The van der Waals surface area contributed by atoms with Gasteiger partial charge in [0.2, 0.25) is 0 Å². The van der Waals surface area contributed by atoms with Crippen LogP contribution in [0.4, 0.5) is 10.1 Å². The highest BCUT2D eigenvalue weighted by Crippen LogP contribution is 2.33. The van der Waals surface area contributed by atoms with E-state index in [1.165, 1.54) is 11.1 Å². The minimum absolute atomic E-state index is 0.0858. The average Bonchev–Trinajstić information content (AvgIpc) is 3.43. The van der Waals surface area contributed by atoms with Gasteiger partial charge in [-0.15, -0.1) is 0 Å². The molecule has 2 heterocycles. The van der Waals surface area contributed by atoms with Crippen molar-refractivity contribution in [3.63, 3.8) is 0 Å². The van der Waals surface area contributed by atoms with Crippen LogP contribution >= 0.6 is 0 Å². The molecule has 7 heteroatoms. The maximum absolute atomic E-state index is 13.8. The number of carbonyl (C=O) groups is 1. The van der Waals surface area contributed by atoms with Gasteiger partial charge in [-0.05, 0) is 54.1 Å². The van der Waals surface area contributed by atoms with Crippen molar-refractivity contribution in [3.8, 4) is 5.75 Å². The van der Waals surface area contributed by atoms with Crippen LogP contribution in [-0.2, 0) is 4.79 Å². The van der Waals surface area contributed by atoms with Crippen molar-refractivity contribution in [2.45, 2.75) is 12.5 Å². The Morgan fingerprint density at radius 3 is 2.69 bits per heavy atom. The number of para-hydroxylation sites is 1. The summed E-state index contributed by atoms with van der Waals surface area (Å²) in [4.78, 5) is 12.9. The Bertz CT molecular complexity index is 1020. The van der Waals surface area contributed by atoms with Crippen LogP contribution in [0.1, 0.15) is 23.8 Å². The highest BCUT2D eigenvalue weighted by molar-refractivity contribution is 6.03. The van der Waals surface area contributed by atoms with Crippen LogP contribution in [0.2, 0.25) is 0 Å². The summed E-state index contributed by atoms with van der Waals surface area (Å²) in [6.07, 6.45) is 2.09. The van der Waals surface area contributed by atoms with Gasteiger partial charge >= 0.3 is 0 Å². The first kappa shape index (κ1) is 18.7. The zero-order valence-corrected chi connectivity index (χ0v) is 15.8. The van der Waals surface area contributed by atoms with Gasteiger partial charge < -0.3 is 14.5 Å². The largest absolute Gasteiger partial charge is 0.497 e. The standard InChI is InChI=1S/C22H20FN3O3/c1-28-16-10-8-15(9-11-16)19-13-20(21-7-4-12-29-21)26(25-19)22(27)14-24-18-6-3-2-5-17(18)23/h2-12,20,24H,13-14H2,1H3/t20-/m0/s1. The Kier molecular flexibility index (Phi) is 5.29. The lowest BCUT2D eigenvalue weighted by molar-refractivity contribution is -0.131. The molecule has 1 amide bonds. The fraction of sp³-hybridized carbons (Fsp3) is 0.182. The molecular weight excluding hydrogens is 373 g/mol. The quantitative estimate of drug-likeness (QED) is 0.681. The van der Waals surface area contributed by atoms with Crippen LogP contribution in [0.5, 0.6) is 5.75 Å². The molecule has 3 aromatic rings. The molecule has 0 spiro atoms. The van der Waals surface area contributed by atoms with E-state index in [1.54, 1.807) is 37.6 Å². The van der Waals surface area contributed by atoms with Crippen molar-refractivity contribution in [2.75, 3.05) is 19.0 Å². The number of carbonyl (C=O) groups excluding carboxylic acids is 1. The molecule has 0 unspecified atom stereocenters. The lowest BCUT2D eigenvalue weighted by Crippen LogP contribution is -2.32. The molecule has 0 radical (unpaired) electrons. The number of ether oxygens (including phenoxy) is 1. The number of nitrogens with zero attached hydrogens (tertiary/aromatic N) is 2. The smallest absolute Gasteiger partial charge is 0.262 e. The van der Waals surface area contributed by atoms with E-state index in [2.05, 4.69) is 10.4 Å². The summed E-state index contributed by atoms with van der Waals surface area (Å²) in [5.41, 5.74) is 1.95. The first-order chi connectivity index (χ1) is 14.2. The van der Waals surface area contributed by atoms with Crippen molar-refractivity contribution >= 4 is 17.3 Å². The maximum atomic E-state index is 13.8. The SMILES string of the molecule is COc1ccc(C2=NN(C(=O)CNc3ccccc3F)[C@H](c3ccco3)C2)cc1. The number of anilines is 1. The molecule has 0 aliphatic carbocycles. The number of nitrogens with one attached hydrogen (secondary N) is 1. The van der Waals surface area contributed by atoms with Crippen molar-refractivity contribution in [1.29, 1.82) is 0 Å². The molecule has 1 atom stereocenters. The van der Waals surface area contributed by atoms with E-state index in [9.17, 15) is 9.18 Å². The van der Waals surface area contributed by atoms with Crippen molar-refractivity contribution in [3.05, 3.63) is 84.1 Å². The molecule has 0 saturated carbocycles. The minimum Gasteiger partial charge on any atom is -0.497 e. The fourth-order valence-corrected chi connectivity index (χ4v) is 3.26. The van der Waals surface area contributed by atoms with Gasteiger partial charge in [0.25, 0.3) is 5.91 Å². The summed E-state index contributed by atoms with van der Waals surface area (Å²) in [5, 5.41) is 8.80. The molecule has 6 nitrogen and oxygen atoms in total. The Balaban J connectivity index is 1.55. The van der Waals surface area contributed by atoms with Gasteiger partial charge in [-0.2, -0.15) is 5.10 Å². The summed E-state index contributed by atoms with van der Waals surface area (Å²) in [7, 11) is 1.61. The lowest BCUT2D eigenvalue weighted by Gasteiger charge is -2.20. The number of hydrogen-bond donors (Lipinski definition) is 1. The van der Waals surface area contributed by atoms with Gasteiger partial charge in [-0.3, -0.25) is 4.79 Å². The summed E-state index contributed by atoms with van der Waals surface area (Å²) in [6.45, 7) is -0.0858. The number of methoxy groups -OCH3 is 1. The second-order valence-electron chi connectivity index (χ2n) is 6.58. The molecule has 4 rings (SSSR count). The number of hydrazone groups is 1. The van der Waals surface area contributed by atoms with E-state index < -0.39 is 5.82 Å². The van der Waals surface area contributed by atoms with Gasteiger partial charge in [0.05, 0.1) is 31.3 Å². The minimum atomic E-state index is -0.410. The Morgan fingerprint density at radius 2 is 2.00 bits per heavy atom. The zero-order valence-electron chi connectivity index (χ0n) is 15.8. The molecule has 0 fully saturated rings. The Hall–Kier alpha value is -3.61. The molecule has 0 saturated heterocycles. The molecule has 1 aromatic heterocycles. The van der Waals surface area contributed by atoms with Gasteiger partial charge in [0.15, 0.2) is 0 Å².